The van der Waals surface area contributed by atoms with Crippen molar-refractivity contribution in [1.29, 1.82) is 0 Å². The van der Waals surface area contributed by atoms with Crippen LogP contribution in [0.15, 0.2) is 36.7 Å². The van der Waals surface area contributed by atoms with Crippen LogP contribution in [-0.2, 0) is 4.79 Å². The molecular formula is C17H20N8O. The normalized spacial score (nSPS) is 16.6. The molecule has 4 rings (SSSR count). The second kappa shape index (κ2) is 7.03. The number of nitrogens with one attached hydrogen (secondary N) is 1. The van der Waals surface area contributed by atoms with Gasteiger partial charge in [0.1, 0.15) is 18.0 Å². The van der Waals surface area contributed by atoms with Crippen LogP contribution >= 0.6 is 0 Å². The summed E-state index contributed by atoms with van der Waals surface area (Å²) in [6, 6.07) is 9.10. The van der Waals surface area contributed by atoms with Gasteiger partial charge in [-0.05, 0) is 35.8 Å². The first kappa shape index (κ1) is 16.4. The van der Waals surface area contributed by atoms with Crippen LogP contribution in [0.1, 0.15) is 42.0 Å². The van der Waals surface area contributed by atoms with Crippen LogP contribution in [0.4, 0.5) is 0 Å². The lowest BCUT2D eigenvalue weighted by Crippen LogP contribution is -2.43. The number of H-pyrrole nitrogens is 1. The Morgan fingerprint density at radius 2 is 2.00 bits per heavy atom. The molecule has 1 aliphatic rings. The molecule has 1 aromatic carbocycles. The fourth-order valence-corrected chi connectivity index (χ4v) is 3.46. The van der Waals surface area contributed by atoms with Crippen LogP contribution < -0.4 is 0 Å². The summed E-state index contributed by atoms with van der Waals surface area (Å²) in [6.07, 6.45) is 3.24. The summed E-state index contributed by atoms with van der Waals surface area (Å²) in [5, 5.41) is 18.6. The number of rotatable bonds is 4. The molecule has 1 N–H and O–H groups in total. The van der Waals surface area contributed by atoms with Crippen molar-refractivity contribution in [2.75, 3.05) is 13.1 Å². The second-order valence-corrected chi connectivity index (χ2v) is 6.45. The number of aromatic nitrogens is 7. The first-order valence-corrected chi connectivity index (χ1v) is 8.67. The van der Waals surface area contributed by atoms with Crippen molar-refractivity contribution < 1.29 is 4.79 Å². The van der Waals surface area contributed by atoms with E-state index in [0.29, 0.717) is 24.8 Å². The molecular weight excluding hydrogens is 332 g/mol. The SMILES string of the molecule is Cc1nnnn1[C@@H](C(=O)N1CCC(c2ncn[nH]2)CC1)c1ccccc1. The minimum absolute atomic E-state index is 0.0163. The lowest BCUT2D eigenvalue weighted by molar-refractivity contribution is -0.135. The molecule has 2 aromatic heterocycles. The van der Waals surface area contributed by atoms with Crippen LogP contribution in [0.2, 0.25) is 0 Å². The highest BCUT2D eigenvalue weighted by Gasteiger charge is 2.33. The van der Waals surface area contributed by atoms with Gasteiger partial charge in [-0.15, -0.1) is 5.10 Å². The number of hydrogen-bond acceptors (Lipinski definition) is 6. The van der Waals surface area contributed by atoms with Gasteiger partial charge in [0, 0.05) is 19.0 Å². The lowest BCUT2D eigenvalue weighted by atomic mass is 9.95. The zero-order valence-electron chi connectivity index (χ0n) is 14.5. The number of aryl methyl sites for hydroxylation is 1. The van der Waals surface area contributed by atoms with Gasteiger partial charge in [0.15, 0.2) is 6.04 Å². The van der Waals surface area contributed by atoms with Crippen molar-refractivity contribution in [2.45, 2.75) is 31.7 Å². The van der Waals surface area contributed by atoms with Gasteiger partial charge in [0.05, 0.1) is 0 Å². The number of amides is 1. The maximum absolute atomic E-state index is 13.3. The van der Waals surface area contributed by atoms with Gasteiger partial charge < -0.3 is 4.90 Å². The Balaban J connectivity index is 1.55. The molecule has 9 heteroatoms. The van der Waals surface area contributed by atoms with E-state index in [4.69, 9.17) is 0 Å². The Bertz CT molecular complexity index is 852. The van der Waals surface area contributed by atoms with E-state index >= 15 is 0 Å². The first-order valence-electron chi connectivity index (χ1n) is 8.67. The third-order valence-corrected chi connectivity index (χ3v) is 4.88. The van der Waals surface area contributed by atoms with Gasteiger partial charge >= 0.3 is 0 Å². The van der Waals surface area contributed by atoms with Gasteiger partial charge in [-0.1, -0.05) is 30.3 Å². The topological polar surface area (TPSA) is 105 Å². The van der Waals surface area contributed by atoms with Crippen molar-refractivity contribution >= 4 is 5.91 Å². The largest absolute Gasteiger partial charge is 0.340 e. The second-order valence-electron chi connectivity index (χ2n) is 6.45. The third-order valence-electron chi connectivity index (χ3n) is 4.88. The molecule has 0 spiro atoms. The Hall–Kier alpha value is -3.10. The van der Waals surface area contributed by atoms with Gasteiger partial charge in [0.25, 0.3) is 5.91 Å². The summed E-state index contributed by atoms with van der Waals surface area (Å²) >= 11 is 0. The third kappa shape index (κ3) is 3.07. The Kier molecular flexibility index (Phi) is 4.42. The fourth-order valence-electron chi connectivity index (χ4n) is 3.46. The van der Waals surface area contributed by atoms with Crippen LogP contribution in [0.25, 0.3) is 0 Å². The number of benzene rings is 1. The van der Waals surface area contributed by atoms with Crippen LogP contribution in [0.5, 0.6) is 0 Å². The summed E-state index contributed by atoms with van der Waals surface area (Å²) in [5.41, 5.74) is 0.880. The molecule has 0 saturated carbocycles. The van der Waals surface area contributed by atoms with Crippen LogP contribution in [0, 0.1) is 6.92 Å². The maximum Gasteiger partial charge on any atom is 0.252 e. The quantitative estimate of drug-likeness (QED) is 0.754. The summed E-state index contributed by atoms with van der Waals surface area (Å²) in [4.78, 5) is 19.5. The molecule has 0 unspecified atom stereocenters. The van der Waals surface area contributed by atoms with E-state index < -0.39 is 6.04 Å². The smallest absolute Gasteiger partial charge is 0.252 e. The number of nitrogens with zero attached hydrogens (tertiary/aromatic N) is 7. The molecule has 134 valence electrons. The summed E-state index contributed by atoms with van der Waals surface area (Å²) in [5.74, 6) is 1.84. The zero-order valence-corrected chi connectivity index (χ0v) is 14.5. The minimum atomic E-state index is -0.548. The molecule has 1 saturated heterocycles. The molecule has 1 fully saturated rings. The fraction of sp³-hybridized carbons (Fsp3) is 0.412. The average Bonchev–Trinajstić information content (AvgIpc) is 3.36. The van der Waals surface area contributed by atoms with Crippen LogP contribution in [0.3, 0.4) is 0 Å². The highest BCUT2D eigenvalue weighted by molar-refractivity contribution is 5.83. The van der Waals surface area contributed by atoms with E-state index in [9.17, 15) is 4.79 Å². The molecule has 26 heavy (non-hydrogen) atoms. The average molecular weight is 352 g/mol. The van der Waals surface area contributed by atoms with Gasteiger partial charge in [-0.2, -0.15) is 5.10 Å². The van der Waals surface area contributed by atoms with Gasteiger partial charge in [0.2, 0.25) is 0 Å². The van der Waals surface area contributed by atoms with Gasteiger partial charge in [-0.25, -0.2) is 9.67 Å². The standard InChI is InChI=1S/C17H20N8O/c1-12-20-22-23-25(12)15(13-5-3-2-4-6-13)17(26)24-9-7-14(8-10-24)16-18-11-19-21-16/h2-6,11,14-15H,7-10H2,1H3,(H,18,19,21)/t15-/m1/s1. The van der Waals surface area contributed by atoms with Gasteiger partial charge in [-0.3, -0.25) is 9.89 Å². The summed E-state index contributed by atoms with van der Waals surface area (Å²) < 4.78 is 1.60. The summed E-state index contributed by atoms with van der Waals surface area (Å²) in [7, 11) is 0. The predicted octanol–water partition coefficient (Wildman–Crippen LogP) is 1.10. The number of carbonyl (C=O) groups excluding carboxylic acids is 1. The minimum Gasteiger partial charge on any atom is -0.340 e. The molecule has 3 aromatic rings. The van der Waals surface area contributed by atoms with Crippen molar-refractivity contribution in [2.24, 2.45) is 0 Å². The van der Waals surface area contributed by atoms with Crippen molar-refractivity contribution in [3.63, 3.8) is 0 Å². The van der Waals surface area contributed by atoms with E-state index in [1.54, 1.807) is 11.6 Å². The molecule has 3 heterocycles. The van der Waals surface area contributed by atoms with E-state index in [-0.39, 0.29) is 5.91 Å². The van der Waals surface area contributed by atoms with E-state index in [2.05, 4.69) is 30.7 Å². The number of tetrazole rings is 1. The number of likely N-dealkylation sites (tertiary alicyclic amines) is 1. The van der Waals surface area contributed by atoms with Crippen molar-refractivity contribution in [3.05, 3.63) is 53.9 Å². The molecule has 0 aliphatic carbocycles. The maximum atomic E-state index is 13.3. The highest BCUT2D eigenvalue weighted by Crippen LogP contribution is 2.28. The monoisotopic (exact) mass is 352 g/mol. The number of hydrogen-bond donors (Lipinski definition) is 1. The molecule has 0 radical (unpaired) electrons. The number of aromatic amines is 1. The summed E-state index contributed by atoms with van der Waals surface area (Å²) in [6.45, 7) is 3.16. The van der Waals surface area contributed by atoms with Crippen molar-refractivity contribution in [1.82, 2.24) is 40.3 Å². The molecule has 1 atom stereocenters. The predicted molar refractivity (Wildman–Crippen MR) is 92.1 cm³/mol. The highest BCUT2D eigenvalue weighted by atomic mass is 16.2. The van der Waals surface area contributed by atoms with Crippen LogP contribution in [-0.4, -0.2) is 59.3 Å². The lowest BCUT2D eigenvalue weighted by Gasteiger charge is -2.33. The molecule has 1 aliphatic heterocycles. The van der Waals surface area contributed by atoms with E-state index in [1.807, 2.05) is 35.2 Å². The van der Waals surface area contributed by atoms with Crippen molar-refractivity contribution in [3.8, 4) is 0 Å². The Labute approximate surface area is 150 Å². The first-order chi connectivity index (χ1) is 12.7. The molecule has 0 bridgehead atoms. The van der Waals surface area contributed by atoms with E-state index in [0.717, 1.165) is 24.2 Å². The van der Waals surface area contributed by atoms with E-state index in [1.165, 1.54) is 6.33 Å². The zero-order chi connectivity index (χ0) is 17.9. The number of piperidine rings is 1. The number of carbonyl (C=O) groups is 1. The molecule has 1 amide bonds. The molecule has 9 nitrogen and oxygen atoms in total. The Morgan fingerprint density at radius 3 is 2.62 bits per heavy atom. The Morgan fingerprint density at radius 1 is 1.23 bits per heavy atom.